The third kappa shape index (κ3) is 10.7. The third-order valence-electron chi connectivity index (χ3n) is 10.7. The van der Waals surface area contributed by atoms with Crippen molar-refractivity contribution in [2.45, 2.75) is 162 Å². The van der Waals surface area contributed by atoms with Crippen LogP contribution in [0.5, 0.6) is 0 Å². The highest BCUT2D eigenvalue weighted by molar-refractivity contribution is 5.35. The monoisotopic (exact) mass is 563 g/mol. The smallest absolute Gasteiger partial charge is 0.125 e. The summed E-state index contributed by atoms with van der Waals surface area (Å²) in [4.78, 5) is 0. The van der Waals surface area contributed by atoms with Crippen molar-refractivity contribution in [1.29, 1.82) is 15.8 Å². The summed E-state index contributed by atoms with van der Waals surface area (Å²) < 4.78 is 7.49. The van der Waals surface area contributed by atoms with Gasteiger partial charge in [-0.3, -0.25) is 0 Å². The Labute approximate surface area is 253 Å². The van der Waals surface area contributed by atoms with E-state index in [0.717, 1.165) is 18.3 Å². The zero-order valence-corrected chi connectivity index (χ0v) is 27.5. The molecule has 2 aliphatic carbocycles. The molecule has 0 radical (unpaired) electrons. The number of hydrogen-bond acceptors (Lipinski definition) is 4. The van der Waals surface area contributed by atoms with Gasteiger partial charge in [0.1, 0.15) is 17.7 Å². The molecule has 3 unspecified atom stereocenters. The maximum absolute atomic E-state index is 10.3. The van der Waals surface area contributed by atoms with Crippen LogP contribution < -0.4 is 0 Å². The Balaban J connectivity index is 2.27. The van der Waals surface area contributed by atoms with Crippen LogP contribution in [0.2, 0.25) is 0 Å². The average Bonchev–Trinajstić information content (AvgIpc) is 2.97. The van der Waals surface area contributed by atoms with Gasteiger partial charge in [-0.05, 0) is 74.0 Å². The maximum Gasteiger partial charge on any atom is 0.125 e. The molecule has 0 amide bonds. The molecule has 4 atom stereocenters. The second-order valence-corrected chi connectivity index (χ2v) is 14.1. The molecule has 0 heterocycles. The van der Waals surface area contributed by atoms with E-state index < -0.39 is 0 Å². The molecule has 230 valence electrons. The highest BCUT2D eigenvalue weighted by Gasteiger charge is 2.49. The Morgan fingerprint density at radius 2 is 1.39 bits per heavy atom. The minimum atomic E-state index is -0.212. The summed E-state index contributed by atoms with van der Waals surface area (Å²) in [6.45, 7) is 13.3. The average molecular weight is 564 g/mol. The van der Waals surface area contributed by atoms with Gasteiger partial charge in [0, 0.05) is 0 Å². The first-order valence-electron chi connectivity index (χ1n) is 17.3. The largest absolute Gasteiger partial charge is 0.370 e. The molecule has 2 aliphatic rings. The zero-order chi connectivity index (χ0) is 30.3. The van der Waals surface area contributed by atoms with Gasteiger partial charge in [-0.25, -0.2) is 0 Å². The Kier molecular flexibility index (Phi) is 16.1. The van der Waals surface area contributed by atoms with E-state index in [4.69, 9.17) is 4.74 Å². The summed E-state index contributed by atoms with van der Waals surface area (Å²) in [5, 5.41) is 29.0. The molecule has 0 aromatic heterocycles. The Bertz CT molecular complexity index is 873. The van der Waals surface area contributed by atoms with Crippen LogP contribution in [0.1, 0.15) is 151 Å². The molecule has 2 saturated carbocycles. The van der Waals surface area contributed by atoms with Crippen molar-refractivity contribution in [1.82, 2.24) is 0 Å². The van der Waals surface area contributed by atoms with Crippen LogP contribution in [0.25, 0.3) is 0 Å². The highest BCUT2D eigenvalue weighted by atomic mass is 16.5. The van der Waals surface area contributed by atoms with Gasteiger partial charge in [0.15, 0.2) is 0 Å². The summed E-state index contributed by atoms with van der Waals surface area (Å²) in [6.07, 6.45) is 23.0. The summed E-state index contributed by atoms with van der Waals surface area (Å²) in [6, 6.07) is 6.65. The van der Waals surface area contributed by atoms with Gasteiger partial charge in [0.25, 0.3) is 0 Å². The van der Waals surface area contributed by atoms with Crippen molar-refractivity contribution >= 4 is 0 Å². The normalized spacial score (nSPS) is 26.5. The number of ether oxygens (including phenoxy) is 1. The number of unbranched alkanes of at least 4 members (excludes halogenated alkanes) is 5. The molecule has 0 N–H and O–H groups in total. The van der Waals surface area contributed by atoms with E-state index in [1.54, 1.807) is 6.08 Å². The molecule has 0 aliphatic heterocycles. The van der Waals surface area contributed by atoms with Crippen LogP contribution in [-0.4, -0.2) is 11.7 Å². The first-order valence-corrected chi connectivity index (χ1v) is 17.3. The van der Waals surface area contributed by atoms with Crippen LogP contribution in [0.15, 0.2) is 11.6 Å². The lowest BCUT2D eigenvalue weighted by molar-refractivity contribution is -0.193. The van der Waals surface area contributed by atoms with E-state index in [9.17, 15) is 15.8 Å². The van der Waals surface area contributed by atoms with Gasteiger partial charge in [0.05, 0.1) is 23.7 Å². The van der Waals surface area contributed by atoms with Crippen molar-refractivity contribution < 1.29 is 4.74 Å². The molecule has 41 heavy (non-hydrogen) atoms. The predicted molar refractivity (Wildman–Crippen MR) is 169 cm³/mol. The lowest BCUT2D eigenvalue weighted by Gasteiger charge is -2.52. The number of allylic oxidation sites excluding steroid dienone is 2. The molecule has 4 nitrogen and oxygen atoms in total. The van der Waals surface area contributed by atoms with Gasteiger partial charge < -0.3 is 4.74 Å². The van der Waals surface area contributed by atoms with Gasteiger partial charge in [-0.15, -0.1) is 0 Å². The van der Waals surface area contributed by atoms with E-state index in [-0.39, 0.29) is 35.0 Å². The first kappa shape index (κ1) is 35.4. The minimum Gasteiger partial charge on any atom is -0.370 e. The van der Waals surface area contributed by atoms with Gasteiger partial charge in [-0.2, -0.15) is 15.8 Å². The number of nitriles is 3. The second-order valence-electron chi connectivity index (χ2n) is 14.1. The topological polar surface area (TPSA) is 80.6 Å². The van der Waals surface area contributed by atoms with Crippen molar-refractivity contribution in [3.63, 3.8) is 0 Å². The molecule has 2 rings (SSSR count). The quantitative estimate of drug-likeness (QED) is 0.130. The molecule has 0 spiro atoms. The fraction of sp³-hybridized carbons (Fsp3) is 0.865. The lowest BCUT2D eigenvalue weighted by atomic mass is 9.62. The molecule has 4 heteroatoms. The fourth-order valence-electron chi connectivity index (χ4n) is 8.12. The summed E-state index contributed by atoms with van der Waals surface area (Å²) in [7, 11) is 0. The molecule has 0 aromatic carbocycles. The molecular formula is C37H61N3O. The highest BCUT2D eigenvalue weighted by Crippen LogP contribution is 2.50. The Hall–Kier alpha value is -1.83. The van der Waals surface area contributed by atoms with Crippen LogP contribution in [0.4, 0.5) is 0 Å². The van der Waals surface area contributed by atoms with Gasteiger partial charge in [-0.1, -0.05) is 118 Å². The first-order chi connectivity index (χ1) is 19.7. The van der Waals surface area contributed by atoms with Crippen molar-refractivity contribution in [3.8, 4) is 18.2 Å². The summed E-state index contributed by atoms with van der Waals surface area (Å²) in [5.41, 5.74) is -0.0441. The minimum absolute atomic E-state index is 0.00195. The third-order valence-corrected chi connectivity index (χ3v) is 10.7. The number of nitrogens with zero attached hydrogens (tertiary/aromatic N) is 3. The van der Waals surface area contributed by atoms with Crippen molar-refractivity contribution in [2.24, 2.45) is 41.4 Å². The number of rotatable bonds is 17. The maximum atomic E-state index is 10.3. The molecular weight excluding hydrogens is 502 g/mol. The van der Waals surface area contributed by atoms with Crippen LogP contribution >= 0.6 is 0 Å². The van der Waals surface area contributed by atoms with Gasteiger partial charge >= 0.3 is 0 Å². The van der Waals surface area contributed by atoms with Crippen LogP contribution in [0.3, 0.4) is 0 Å². The summed E-state index contributed by atoms with van der Waals surface area (Å²) in [5.74, 6) is 2.69. The van der Waals surface area contributed by atoms with E-state index >= 15 is 0 Å². The lowest BCUT2D eigenvalue weighted by Crippen LogP contribution is -2.53. The molecule has 0 bridgehead atoms. The Morgan fingerprint density at radius 3 is 1.90 bits per heavy atom. The SMILES string of the molecule is CCCCCCCCC1CCC(C(CC)(OC(CC(C)C=C(C#N)C#N)[C@@H](C#N)C(C)C)C2CCC(C)CC2)CC1. The van der Waals surface area contributed by atoms with E-state index in [1.165, 1.54) is 96.3 Å². The fourth-order valence-corrected chi connectivity index (χ4v) is 8.12. The Morgan fingerprint density at radius 1 is 0.829 bits per heavy atom. The van der Waals surface area contributed by atoms with Crippen LogP contribution in [-0.2, 0) is 4.74 Å². The number of hydrogen-bond donors (Lipinski definition) is 0. The molecule has 2 fully saturated rings. The van der Waals surface area contributed by atoms with Gasteiger partial charge in [0.2, 0.25) is 0 Å². The van der Waals surface area contributed by atoms with E-state index in [0.29, 0.717) is 18.3 Å². The zero-order valence-electron chi connectivity index (χ0n) is 27.5. The van der Waals surface area contributed by atoms with E-state index in [2.05, 4.69) is 47.6 Å². The summed E-state index contributed by atoms with van der Waals surface area (Å²) >= 11 is 0. The van der Waals surface area contributed by atoms with E-state index in [1.807, 2.05) is 12.1 Å². The van der Waals surface area contributed by atoms with Crippen LogP contribution in [0, 0.1) is 75.4 Å². The second kappa shape index (κ2) is 18.7. The van der Waals surface area contributed by atoms with Crippen molar-refractivity contribution in [2.75, 3.05) is 0 Å². The standard InChI is InChI=1S/C37H61N3O/c1-7-9-10-11-12-13-14-31-17-21-34(22-18-31)37(8-2,33-19-15-29(5)16-20-33)41-36(35(27-40)28(3)4)24-30(6)23-32(25-38)26-39/h23,28-31,33-36H,7-22,24H2,1-6H3/t29?,30?,31?,33?,34?,35-,36?,37?/m0/s1. The molecule has 0 aromatic rings. The van der Waals surface area contributed by atoms with Crippen molar-refractivity contribution in [3.05, 3.63) is 11.6 Å². The predicted octanol–water partition coefficient (Wildman–Crippen LogP) is 10.7. The molecule has 0 saturated heterocycles.